The van der Waals surface area contributed by atoms with Crippen molar-refractivity contribution in [3.8, 4) is 17.2 Å². The van der Waals surface area contributed by atoms with Crippen molar-refractivity contribution in [1.29, 1.82) is 0 Å². The average molecular weight is 435 g/mol. The summed E-state index contributed by atoms with van der Waals surface area (Å²) in [4.78, 5) is 23.6. The van der Waals surface area contributed by atoms with E-state index in [1.165, 1.54) is 20.2 Å². The van der Waals surface area contributed by atoms with Crippen LogP contribution >= 0.6 is 0 Å². The molecule has 2 N–H and O–H groups in total. The van der Waals surface area contributed by atoms with Gasteiger partial charge in [0.2, 0.25) is 0 Å². The molecule has 3 aromatic rings. The van der Waals surface area contributed by atoms with E-state index in [-0.39, 0.29) is 11.7 Å². The number of carboxylic acids is 1. The minimum absolute atomic E-state index is 0.227. The first-order chi connectivity index (χ1) is 15.3. The van der Waals surface area contributed by atoms with Gasteiger partial charge in [0, 0.05) is 28.2 Å². The summed E-state index contributed by atoms with van der Waals surface area (Å²) in [6, 6.07) is 16.3. The van der Waals surface area contributed by atoms with E-state index in [2.05, 4.69) is 15.1 Å². The van der Waals surface area contributed by atoms with Crippen molar-refractivity contribution in [3.63, 3.8) is 0 Å². The van der Waals surface area contributed by atoms with Crippen LogP contribution in [0.3, 0.4) is 0 Å². The van der Waals surface area contributed by atoms with Crippen molar-refractivity contribution < 1.29 is 24.2 Å². The molecule has 0 saturated carbocycles. The molecule has 3 rings (SSSR count). The molecule has 0 unspecified atom stereocenters. The maximum Gasteiger partial charge on any atom is 0.344 e. The number of amides is 1. The van der Waals surface area contributed by atoms with Gasteiger partial charge in [-0.3, -0.25) is 4.79 Å². The number of hydrogen-bond acceptors (Lipinski definition) is 5. The van der Waals surface area contributed by atoms with Crippen LogP contribution in [0.2, 0.25) is 0 Å². The highest BCUT2D eigenvalue weighted by Gasteiger charge is 2.18. The van der Waals surface area contributed by atoms with Crippen molar-refractivity contribution in [1.82, 2.24) is 9.99 Å². The van der Waals surface area contributed by atoms with Gasteiger partial charge < -0.3 is 19.1 Å². The number of hydrazone groups is 1. The maximum atomic E-state index is 12.5. The highest BCUT2D eigenvalue weighted by molar-refractivity contribution is 5.95. The van der Waals surface area contributed by atoms with Gasteiger partial charge in [-0.15, -0.1) is 0 Å². The minimum Gasteiger partial charge on any atom is -0.493 e. The summed E-state index contributed by atoms with van der Waals surface area (Å²) in [5.74, 6) is -0.900. The number of aromatic nitrogens is 1. The Morgan fingerprint density at radius 2 is 1.72 bits per heavy atom. The van der Waals surface area contributed by atoms with Gasteiger partial charge in [0.1, 0.15) is 0 Å². The largest absolute Gasteiger partial charge is 0.493 e. The Bertz CT molecular complexity index is 1130. The molecule has 1 amide bonds. The molecule has 0 aliphatic heterocycles. The Morgan fingerprint density at radius 3 is 2.31 bits per heavy atom. The molecule has 1 aromatic heterocycles. The number of nitrogens with one attached hydrogen (secondary N) is 1. The summed E-state index contributed by atoms with van der Waals surface area (Å²) in [6.45, 7) is 5.46. The van der Waals surface area contributed by atoms with E-state index in [0.717, 1.165) is 17.1 Å². The van der Waals surface area contributed by atoms with E-state index < -0.39 is 12.1 Å². The second kappa shape index (κ2) is 9.82. The van der Waals surface area contributed by atoms with Gasteiger partial charge in [0.15, 0.2) is 17.6 Å². The number of methoxy groups -OCH3 is 1. The van der Waals surface area contributed by atoms with Gasteiger partial charge in [-0.25, -0.2) is 10.2 Å². The van der Waals surface area contributed by atoms with Crippen molar-refractivity contribution in [2.45, 2.75) is 26.9 Å². The minimum atomic E-state index is -1.11. The predicted octanol–water partition coefficient (Wildman–Crippen LogP) is 3.72. The SMILES string of the molecule is COc1cccc(/C=N\NC(=O)c2ccc(-n3c(C)ccc3C)cc2)c1O[C@H](C)C(=O)O. The number of carbonyl (C=O) groups is 2. The quantitative estimate of drug-likeness (QED) is 0.415. The lowest BCUT2D eigenvalue weighted by atomic mass is 10.2. The van der Waals surface area contributed by atoms with Crippen LogP contribution < -0.4 is 14.9 Å². The molecule has 2 aromatic carbocycles. The zero-order valence-electron chi connectivity index (χ0n) is 18.3. The predicted molar refractivity (Wildman–Crippen MR) is 121 cm³/mol. The number of rotatable bonds is 8. The Hall–Kier alpha value is -4.07. The van der Waals surface area contributed by atoms with Gasteiger partial charge in [-0.2, -0.15) is 5.10 Å². The van der Waals surface area contributed by atoms with E-state index in [1.54, 1.807) is 30.3 Å². The van der Waals surface area contributed by atoms with Crippen LogP contribution in [0.5, 0.6) is 11.5 Å². The van der Waals surface area contributed by atoms with Gasteiger partial charge in [-0.1, -0.05) is 6.07 Å². The standard InChI is InChI=1S/C24H25N3O5/c1-15-8-9-16(2)27(15)20-12-10-18(11-13-20)23(28)26-25-14-19-6-5-7-21(31-4)22(19)32-17(3)24(29)30/h5-14,17H,1-4H3,(H,26,28)(H,29,30)/b25-14-/t17-/m1/s1. The van der Waals surface area contributed by atoms with Crippen LogP contribution in [0, 0.1) is 13.8 Å². The number of nitrogens with zero attached hydrogens (tertiary/aromatic N) is 2. The lowest BCUT2D eigenvalue weighted by Gasteiger charge is -2.15. The summed E-state index contributed by atoms with van der Waals surface area (Å²) in [5, 5.41) is 13.1. The Kier molecular flexibility index (Phi) is 6.94. The first-order valence-corrected chi connectivity index (χ1v) is 9.97. The lowest BCUT2D eigenvalue weighted by molar-refractivity contribution is -0.144. The molecule has 0 saturated heterocycles. The second-order valence-corrected chi connectivity index (χ2v) is 7.17. The van der Waals surface area contributed by atoms with Crippen molar-refractivity contribution in [3.05, 3.63) is 77.1 Å². The van der Waals surface area contributed by atoms with Crippen LogP contribution in [-0.2, 0) is 4.79 Å². The van der Waals surface area contributed by atoms with Crippen LogP contribution in [0.1, 0.15) is 34.2 Å². The number of carbonyl (C=O) groups excluding carboxylic acids is 1. The normalized spacial score (nSPS) is 11.9. The van der Waals surface area contributed by atoms with E-state index in [1.807, 2.05) is 38.1 Å². The maximum absolute atomic E-state index is 12.5. The van der Waals surface area contributed by atoms with Crippen molar-refractivity contribution in [2.75, 3.05) is 7.11 Å². The fraction of sp³-hybridized carbons (Fsp3) is 0.208. The van der Waals surface area contributed by atoms with Crippen molar-refractivity contribution in [2.24, 2.45) is 5.10 Å². The molecule has 8 nitrogen and oxygen atoms in total. The average Bonchev–Trinajstić information content (AvgIpc) is 3.12. The summed E-state index contributed by atoms with van der Waals surface area (Å²) in [6.07, 6.45) is 0.296. The van der Waals surface area contributed by atoms with E-state index in [4.69, 9.17) is 14.6 Å². The summed E-state index contributed by atoms with van der Waals surface area (Å²) in [5.41, 5.74) is 6.58. The first kappa shape index (κ1) is 22.6. The third kappa shape index (κ3) is 4.97. The fourth-order valence-electron chi connectivity index (χ4n) is 3.21. The molecular formula is C24H25N3O5. The first-order valence-electron chi connectivity index (χ1n) is 9.97. The van der Waals surface area contributed by atoms with Crippen LogP contribution in [-0.4, -0.2) is 41.0 Å². The molecule has 166 valence electrons. The van der Waals surface area contributed by atoms with Gasteiger partial charge in [0.25, 0.3) is 5.91 Å². The van der Waals surface area contributed by atoms with E-state index in [0.29, 0.717) is 16.9 Å². The summed E-state index contributed by atoms with van der Waals surface area (Å²) >= 11 is 0. The third-order valence-corrected chi connectivity index (χ3v) is 4.90. The molecule has 0 fully saturated rings. The Balaban J connectivity index is 1.73. The molecular weight excluding hydrogens is 410 g/mol. The number of hydrogen-bond donors (Lipinski definition) is 2. The summed E-state index contributed by atoms with van der Waals surface area (Å²) in [7, 11) is 1.46. The highest BCUT2D eigenvalue weighted by atomic mass is 16.5. The smallest absolute Gasteiger partial charge is 0.344 e. The number of ether oxygens (including phenoxy) is 2. The second-order valence-electron chi connectivity index (χ2n) is 7.17. The van der Waals surface area contributed by atoms with Crippen LogP contribution in [0.15, 0.2) is 59.7 Å². The Labute approximate surface area is 186 Å². The molecule has 8 heteroatoms. The van der Waals surface area contributed by atoms with Crippen LogP contribution in [0.4, 0.5) is 0 Å². The highest BCUT2D eigenvalue weighted by Crippen LogP contribution is 2.31. The number of aliphatic carboxylic acids is 1. The molecule has 0 bridgehead atoms. The van der Waals surface area contributed by atoms with E-state index in [9.17, 15) is 9.59 Å². The zero-order chi connectivity index (χ0) is 23.3. The van der Waals surface area contributed by atoms with Gasteiger partial charge >= 0.3 is 5.97 Å². The van der Waals surface area contributed by atoms with Gasteiger partial charge in [0.05, 0.1) is 13.3 Å². The number of carboxylic acid groups (broad SMARTS) is 1. The van der Waals surface area contributed by atoms with Crippen molar-refractivity contribution >= 4 is 18.1 Å². The molecule has 32 heavy (non-hydrogen) atoms. The molecule has 0 spiro atoms. The van der Waals surface area contributed by atoms with Crippen LogP contribution in [0.25, 0.3) is 5.69 Å². The topological polar surface area (TPSA) is 102 Å². The molecule has 0 aliphatic carbocycles. The van der Waals surface area contributed by atoms with Gasteiger partial charge in [-0.05, 0) is 69.3 Å². The number of aryl methyl sites for hydroxylation is 2. The lowest BCUT2D eigenvalue weighted by Crippen LogP contribution is -2.24. The van der Waals surface area contributed by atoms with E-state index >= 15 is 0 Å². The monoisotopic (exact) mass is 435 g/mol. The third-order valence-electron chi connectivity index (χ3n) is 4.90. The molecule has 0 aliphatic rings. The number of para-hydroxylation sites is 1. The Morgan fingerprint density at radius 1 is 1.06 bits per heavy atom. The molecule has 1 atom stereocenters. The summed E-state index contributed by atoms with van der Waals surface area (Å²) < 4.78 is 12.9. The molecule has 0 radical (unpaired) electrons. The fourth-order valence-corrected chi connectivity index (χ4v) is 3.21. The molecule has 1 heterocycles. The number of benzene rings is 2. The zero-order valence-corrected chi connectivity index (χ0v) is 18.3.